The van der Waals surface area contributed by atoms with E-state index in [1.165, 1.54) is 30.8 Å². The van der Waals surface area contributed by atoms with Crippen molar-refractivity contribution < 1.29 is 23.0 Å². The van der Waals surface area contributed by atoms with Gasteiger partial charge in [-0.2, -0.15) is 8.78 Å². The van der Waals surface area contributed by atoms with Crippen LogP contribution in [0.5, 0.6) is 5.75 Å². The van der Waals surface area contributed by atoms with Crippen LogP contribution in [0.4, 0.5) is 14.5 Å². The van der Waals surface area contributed by atoms with E-state index < -0.39 is 6.61 Å². The quantitative estimate of drug-likeness (QED) is 0.433. The van der Waals surface area contributed by atoms with E-state index in [1.807, 2.05) is 20.9 Å². The molecule has 0 saturated carbocycles. The highest BCUT2D eigenvalue weighted by Crippen LogP contribution is 2.22. The predicted octanol–water partition coefficient (Wildman–Crippen LogP) is 3.73. The number of ether oxygens (including phenoxy) is 2. The molecule has 0 bridgehead atoms. The summed E-state index contributed by atoms with van der Waals surface area (Å²) < 4.78 is 34.1. The van der Waals surface area contributed by atoms with Crippen LogP contribution in [0.15, 0.2) is 36.5 Å². The Labute approximate surface area is 180 Å². The molecule has 2 aromatic rings. The molecule has 1 aliphatic rings. The van der Waals surface area contributed by atoms with Crippen molar-refractivity contribution in [2.75, 3.05) is 25.6 Å². The van der Waals surface area contributed by atoms with Crippen molar-refractivity contribution in [1.82, 2.24) is 10.3 Å². The summed E-state index contributed by atoms with van der Waals surface area (Å²) in [6.07, 6.45) is 3.21. The molecule has 9 heteroatoms. The van der Waals surface area contributed by atoms with Gasteiger partial charge in [0.1, 0.15) is 11.4 Å². The molecule has 0 radical (unpaired) electrons. The lowest BCUT2D eigenvalue weighted by Gasteiger charge is -2.15. The van der Waals surface area contributed by atoms with Crippen molar-refractivity contribution in [3.63, 3.8) is 0 Å². The van der Waals surface area contributed by atoms with Gasteiger partial charge in [0.25, 0.3) is 0 Å². The molecular weight excluding hydrogens is 406 g/mol. The number of carbonyl (C=O) groups is 1. The number of carbonyl (C=O) groups excluding carboxylic acids is 1. The SMILES string of the molecule is CC(C)Nc1cc(C=O)cnc1C(=N)c1cccc(OC(F)F)c1.CNC1CCOC1. The molecule has 1 saturated heterocycles. The Bertz CT molecular complexity index is 872. The first-order valence-corrected chi connectivity index (χ1v) is 9.95. The van der Waals surface area contributed by atoms with Gasteiger partial charge >= 0.3 is 6.61 Å². The van der Waals surface area contributed by atoms with Crippen LogP contribution in [-0.4, -0.2) is 55.9 Å². The number of benzene rings is 1. The van der Waals surface area contributed by atoms with Crippen LogP contribution < -0.4 is 15.4 Å². The topological polar surface area (TPSA) is 96.3 Å². The Morgan fingerprint density at radius 1 is 1.35 bits per heavy atom. The average molecular weight is 434 g/mol. The van der Waals surface area contributed by atoms with E-state index in [9.17, 15) is 13.6 Å². The molecule has 168 valence electrons. The van der Waals surface area contributed by atoms with Gasteiger partial charge in [0.05, 0.1) is 18.0 Å². The van der Waals surface area contributed by atoms with Gasteiger partial charge in [-0.25, -0.2) is 0 Å². The summed E-state index contributed by atoms with van der Waals surface area (Å²) >= 11 is 0. The van der Waals surface area contributed by atoms with E-state index in [4.69, 9.17) is 10.1 Å². The van der Waals surface area contributed by atoms with Crippen molar-refractivity contribution >= 4 is 17.7 Å². The Morgan fingerprint density at radius 3 is 2.68 bits per heavy atom. The molecule has 0 aliphatic carbocycles. The fourth-order valence-electron chi connectivity index (χ4n) is 2.89. The number of alkyl halides is 2. The van der Waals surface area contributed by atoms with Crippen LogP contribution in [0.3, 0.4) is 0 Å². The molecule has 0 spiro atoms. The van der Waals surface area contributed by atoms with Crippen molar-refractivity contribution in [1.29, 1.82) is 5.41 Å². The molecule has 1 aliphatic heterocycles. The normalized spacial score (nSPS) is 15.4. The van der Waals surface area contributed by atoms with Gasteiger partial charge in [-0.05, 0) is 45.5 Å². The Balaban J connectivity index is 0.000000412. The summed E-state index contributed by atoms with van der Waals surface area (Å²) in [6.45, 7) is 2.73. The number of halogens is 2. The monoisotopic (exact) mass is 434 g/mol. The highest BCUT2D eigenvalue weighted by Gasteiger charge is 2.15. The first-order valence-electron chi connectivity index (χ1n) is 9.95. The Hall–Kier alpha value is -2.91. The van der Waals surface area contributed by atoms with Gasteiger partial charge in [0.2, 0.25) is 0 Å². The summed E-state index contributed by atoms with van der Waals surface area (Å²) in [5.74, 6) is -0.0323. The van der Waals surface area contributed by atoms with Crippen LogP contribution in [0, 0.1) is 5.41 Å². The summed E-state index contributed by atoms with van der Waals surface area (Å²) in [6, 6.07) is 8.16. The molecule has 0 amide bonds. The van der Waals surface area contributed by atoms with Gasteiger partial charge in [0, 0.05) is 36.0 Å². The number of hydrogen-bond acceptors (Lipinski definition) is 7. The lowest BCUT2D eigenvalue weighted by molar-refractivity contribution is -0.0498. The van der Waals surface area contributed by atoms with E-state index in [0.717, 1.165) is 13.2 Å². The first kappa shape index (κ1) is 24.4. The van der Waals surface area contributed by atoms with Crippen LogP contribution in [0.1, 0.15) is 41.9 Å². The summed E-state index contributed by atoms with van der Waals surface area (Å²) in [5.41, 5.74) is 1.65. The molecule has 1 aromatic carbocycles. The third-order valence-corrected chi connectivity index (χ3v) is 4.41. The lowest BCUT2D eigenvalue weighted by Crippen LogP contribution is -2.24. The maximum atomic E-state index is 12.3. The van der Waals surface area contributed by atoms with Crippen molar-refractivity contribution in [2.24, 2.45) is 0 Å². The van der Waals surface area contributed by atoms with E-state index in [0.29, 0.717) is 34.8 Å². The summed E-state index contributed by atoms with van der Waals surface area (Å²) in [4.78, 5) is 15.1. The fourth-order valence-corrected chi connectivity index (χ4v) is 2.89. The standard InChI is InChI=1S/C17H17F2N3O2.C5H11NO/c1-10(2)22-14-6-11(9-23)8-21-16(14)15(20)12-4-3-5-13(7-12)24-17(18)19;1-6-5-2-3-7-4-5/h3-10,17,20,22H,1-2H3;5-6H,2-4H2,1H3. The summed E-state index contributed by atoms with van der Waals surface area (Å²) in [5, 5.41) is 14.6. The molecule has 7 nitrogen and oxygen atoms in total. The number of pyridine rings is 1. The number of nitrogens with one attached hydrogen (secondary N) is 3. The number of nitrogens with zero attached hydrogens (tertiary/aromatic N) is 1. The molecule has 31 heavy (non-hydrogen) atoms. The van der Waals surface area contributed by atoms with Gasteiger partial charge in [-0.1, -0.05) is 12.1 Å². The van der Waals surface area contributed by atoms with E-state index in [-0.39, 0.29) is 17.5 Å². The van der Waals surface area contributed by atoms with Crippen molar-refractivity contribution in [3.05, 3.63) is 53.3 Å². The van der Waals surface area contributed by atoms with Crippen LogP contribution in [0.2, 0.25) is 0 Å². The Morgan fingerprint density at radius 2 is 2.13 bits per heavy atom. The molecule has 1 aromatic heterocycles. The predicted molar refractivity (Wildman–Crippen MR) is 116 cm³/mol. The second-order valence-electron chi connectivity index (χ2n) is 7.21. The Kier molecular flexibility index (Phi) is 9.48. The average Bonchev–Trinajstić information content (AvgIpc) is 3.27. The number of hydrogen-bond donors (Lipinski definition) is 3. The van der Waals surface area contributed by atoms with Crippen LogP contribution >= 0.6 is 0 Å². The molecule has 1 atom stereocenters. The number of anilines is 1. The van der Waals surface area contributed by atoms with E-state index in [1.54, 1.807) is 12.1 Å². The zero-order valence-corrected chi connectivity index (χ0v) is 17.8. The molecular formula is C22H28F2N4O3. The number of aromatic nitrogens is 1. The lowest BCUT2D eigenvalue weighted by atomic mass is 10.0. The largest absolute Gasteiger partial charge is 0.435 e. The third-order valence-electron chi connectivity index (χ3n) is 4.41. The van der Waals surface area contributed by atoms with Gasteiger partial charge in [-0.15, -0.1) is 0 Å². The van der Waals surface area contributed by atoms with Gasteiger partial charge in [-0.3, -0.25) is 15.2 Å². The highest BCUT2D eigenvalue weighted by molar-refractivity contribution is 6.13. The second kappa shape index (κ2) is 12.1. The van der Waals surface area contributed by atoms with Crippen molar-refractivity contribution in [2.45, 2.75) is 39.0 Å². The molecule has 1 fully saturated rings. The van der Waals surface area contributed by atoms with Gasteiger partial charge in [0.15, 0.2) is 6.29 Å². The molecule has 2 heterocycles. The molecule has 1 unspecified atom stereocenters. The van der Waals surface area contributed by atoms with Crippen LogP contribution in [0.25, 0.3) is 0 Å². The zero-order chi connectivity index (χ0) is 22.8. The third kappa shape index (κ3) is 7.69. The number of aldehydes is 1. The van der Waals surface area contributed by atoms with E-state index in [2.05, 4.69) is 20.4 Å². The maximum Gasteiger partial charge on any atom is 0.387 e. The van der Waals surface area contributed by atoms with E-state index >= 15 is 0 Å². The summed E-state index contributed by atoms with van der Waals surface area (Å²) in [7, 11) is 1.97. The smallest absolute Gasteiger partial charge is 0.387 e. The molecule has 3 rings (SSSR count). The minimum atomic E-state index is -2.93. The minimum Gasteiger partial charge on any atom is -0.435 e. The maximum absolute atomic E-state index is 12.3. The number of likely N-dealkylation sites (N-methyl/N-ethyl adjacent to an activating group) is 1. The van der Waals surface area contributed by atoms with Crippen molar-refractivity contribution in [3.8, 4) is 5.75 Å². The second-order valence-corrected chi connectivity index (χ2v) is 7.21. The van der Waals surface area contributed by atoms with Crippen LogP contribution in [-0.2, 0) is 4.74 Å². The molecule has 3 N–H and O–H groups in total. The highest BCUT2D eigenvalue weighted by atomic mass is 19.3. The zero-order valence-electron chi connectivity index (χ0n) is 17.8. The number of rotatable bonds is 8. The van der Waals surface area contributed by atoms with Gasteiger partial charge < -0.3 is 20.1 Å². The fraction of sp³-hybridized carbons (Fsp3) is 0.409. The minimum absolute atomic E-state index is 0.0323. The first-order chi connectivity index (χ1) is 14.8.